The summed E-state index contributed by atoms with van der Waals surface area (Å²) in [6.07, 6.45) is 2.53. The molecule has 21 heavy (non-hydrogen) atoms. The average Bonchev–Trinajstić information content (AvgIpc) is 2.45. The Kier molecular flexibility index (Phi) is 8.40. The fourth-order valence-corrected chi connectivity index (χ4v) is 2.50. The van der Waals surface area contributed by atoms with Crippen molar-refractivity contribution in [1.29, 1.82) is 0 Å². The number of nitrogens with one attached hydrogen (secondary N) is 1. The normalized spacial score (nSPS) is 14.2. The molecule has 1 N–H and O–H groups in total. The summed E-state index contributed by atoms with van der Waals surface area (Å²) >= 11 is 0. The van der Waals surface area contributed by atoms with Crippen LogP contribution in [0.4, 0.5) is 0 Å². The Bertz CT molecular complexity index is 393. The van der Waals surface area contributed by atoms with E-state index in [1.807, 2.05) is 12.1 Å². The van der Waals surface area contributed by atoms with Gasteiger partial charge in [-0.25, -0.2) is 0 Å². The van der Waals surface area contributed by atoms with Gasteiger partial charge in [0.1, 0.15) is 5.75 Å². The molecule has 2 unspecified atom stereocenters. The van der Waals surface area contributed by atoms with Crippen molar-refractivity contribution >= 4 is 0 Å². The molecule has 0 radical (unpaired) electrons. The first kappa shape index (κ1) is 18.0. The highest BCUT2D eigenvalue weighted by Gasteiger charge is 2.17. The molecule has 0 amide bonds. The predicted molar refractivity (Wildman–Crippen MR) is 88.9 cm³/mol. The monoisotopic (exact) mass is 293 g/mol. The fourth-order valence-electron chi connectivity index (χ4n) is 2.50. The molecule has 0 aliphatic carbocycles. The minimum Gasteiger partial charge on any atom is -0.497 e. The molecule has 0 aliphatic rings. The lowest BCUT2D eigenvalue weighted by Crippen LogP contribution is -2.27. The maximum absolute atomic E-state index is 6.28. The molecule has 2 atom stereocenters. The number of rotatable bonds is 10. The summed E-state index contributed by atoms with van der Waals surface area (Å²) in [5, 5.41) is 3.46. The maximum Gasteiger partial charge on any atom is 0.119 e. The van der Waals surface area contributed by atoms with Gasteiger partial charge >= 0.3 is 0 Å². The molecule has 0 bridgehead atoms. The van der Waals surface area contributed by atoms with Crippen molar-refractivity contribution in [2.75, 3.05) is 20.2 Å². The minimum absolute atomic E-state index is 0.0698. The van der Waals surface area contributed by atoms with Gasteiger partial charge in [-0.15, -0.1) is 0 Å². The van der Waals surface area contributed by atoms with Crippen LogP contribution in [0.25, 0.3) is 0 Å². The molecule has 0 aromatic heterocycles. The van der Waals surface area contributed by atoms with Crippen molar-refractivity contribution < 1.29 is 9.47 Å². The SMILES string of the molecule is CCCNCC(OC(C)CC(C)C)c1cccc(OC)c1. The van der Waals surface area contributed by atoms with Crippen LogP contribution < -0.4 is 10.1 Å². The highest BCUT2D eigenvalue weighted by atomic mass is 16.5. The molecular formula is C18H31NO2. The molecule has 0 saturated carbocycles. The van der Waals surface area contributed by atoms with Crippen molar-refractivity contribution in [2.45, 2.75) is 52.7 Å². The molecule has 0 aliphatic heterocycles. The van der Waals surface area contributed by atoms with Gasteiger partial charge < -0.3 is 14.8 Å². The van der Waals surface area contributed by atoms with E-state index in [0.29, 0.717) is 5.92 Å². The van der Waals surface area contributed by atoms with Gasteiger partial charge in [-0.1, -0.05) is 32.9 Å². The molecule has 0 spiro atoms. The second-order valence-electron chi connectivity index (χ2n) is 6.05. The predicted octanol–water partition coefficient (Wildman–Crippen LogP) is 4.19. The highest BCUT2D eigenvalue weighted by Crippen LogP contribution is 2.24. The van der Waals surface area contributed by atoms with Gasteiger partial charge in [0, 0.05) is 6.54 Å². The van der Waals surface area contributed by atoms with Crippen molar-refractivity contribution in [2.24, 2.45) is 5.92 Å². The summed E-state index contributed by atoms with van der Waals surface area (Å²) in [6.45, 7) is 10.7. The van der Waals surface area contributed by atoms with Crippen LogP contribution >= 0.6 is 0 Å². The van der Waals surface area contributed by atoms with E-state index in [0.717, 1.165) is 31.7 Å². The van der Waals surface area contributed by atoms with Crippen LogP contribution in [0.2, 0.25) is 0 Å². The van der Waals surface area contributed by atoms with Crippen molar-refractivity contribution in [1.82, 2.24) is 5.32 Å². The number of benzene rings is 1. The van der Waals surface area contributed by atoms with Crippen LogP contribution in [0.5, 0.6) is 5.75 Å². The highest BCUT2D eigenvalue weighted by molar-refractivity contribution is 5.30. The molecular weight excluding hydrogens is 262 g/mol. The van der Waals surface area contributed by atoms with Crippen LogP contribution in [0.3, 0.4) is 0 Å². The van der Waals surface area contributed by atoms with Crippen molar-refractivity contribution in [3.05, 3.63) is 29.8 Å². The molecule has 1 rings (SSSR count). The van der Waals surface area contributed by atoms with E-state index in [4.69, 9.17) is 9.47 Å². The number of hydrogen-bond donors (Lipinski definition) is 1. The molecule has 0 saturated heterocycles. The van der Waals surface area contributed by atoms with E-state index in [-0.39, 0.29) is 12.2 Å². The molecule has 0 heterocycles. The number of ether oxygens (including phenoxy) is 2. The van der Waals surface area contributed by atoms with Crippen LogP contribution in [0.1, 0.15) is 52.2 Å². The smallest absolute Gasteiger partial charge is 0.119 e. The van der Waals surface area contributed by atoms with Gasteiger partial charge in [-0.3, -0.25) is 0 Å². The zero-order valence-electron chi connectivity index (χ0n) is 14.2. The van der Waals surface area contributed by atoms with E-state index in [9.17, 15) is 0 Å². The van der Waals surface area contributed by atoms with Gasteiger partial charge in [-0.2, -0.15) is 0 Å². The standard InChI is InChI=1S/C18H31NO2/c1-6-10-19-13-18(21-15(4)11-14(2)3)16-8-7-9-17(12-16)20-5/h7-9,12,14-15,18-19H,6,10-11,13H2,1-5H3. The Morgan fingerprint density at radius 1 is 1.19 bits per heavy atom. The molecule has 1 aromatic carbocycles. The van der Waals surface area contributed by atoms with Crippen LogP contribution in [0, 0.1) is 5.92 Å². The lowest BCUT2D eigenvalue weighted by molar-refractivity contribution is -0.0126. The Labute approximate surface area is 130 Å². The first-order valence-corrected chi connectivity index (χ1v) is 8.06. The van der Waals surface area contributed by atoms with E-state index in [1.165, 1.54) is 5.56 Å². The Morgan fingerprint density at radius 3 is 2.57 bits per heavy atom. The van der Waals surface area contributed by atoms with Gasteiger partial charge in [0.25, 0.3) is 0 Å². The van der Waals surface area contributed by atoms with E-state index < -0.39 is 0 Å². The fraction of sp³-hybridized carbons (Fsp3) is 0.667. The first-order chi connectivity index (χ1) is 10.1. The zero-order valence-corrected chi connectivity index (χ0v) is 14.2. The number of hydrogen-bond acceptors (Lipinski definition) is 3. The third-order valence-electron chi connectivity index (χ3n) is 3.42. The summed E-state index contributed by atoms with van der Waals surface area (Å²) in [4.78, 5) is 0. The second-order valence-corrected chi connectivity index (χ2v) is 6.05. The third kappa shape index (κ3) is 6.96. The minimum atomic E-state index is 0.0698. The molecule has 0 fully saturated rings. The van der Waals surface area contributed by atoms with E-state index >= 15 is 0 Å². The van der Waals surface area contributed by atoms with Crippen molar-refractivity contribution in [3.8, 4) is 5.75 Å². The topological polar surface area (TPSA) is 30.5 Å². The average molecular weight is 293 g/mol. The van der Waals surface area contributed by atoms with Crippen molar-refractivity contribution in [3.63, 3.8) is 0 Å². The zero-order chi connectivity index (χ0) is 15.7. The summed E-state index contributed by atoms with van der Waals surface area (Å²) in [7, 11) is 1.70. The largest absolute Gasteiger partial charge is 0.497 e. The Morgan fingerprint density at radius 2 is 1.95 bits per heavy atom. The first-order valence-electron chi connectivity index (χ1n) is 8.06. The molecule has 1 aromatic rings. The lowest BCUT2D eigenvalue weighted by Gasteiger charge is -2.24. The third-order valence-corrected chi connectivity index (χ3v) is 3.42. The Balaban J connectivity index is 2.74. The van der Waals surface area contributed by atoms with Gasteiger partial charge in [-0.05, 0) is 49.9 Å². The Hall–Kier alpha value is -1.06. The molecule has 3 heteroatoms. The van der Waals surface area contributed by atoms with Gasteiger partial charge in [0.15, 0.2) is 0 Å². The summed E-state index contributed by atoms with van der Waals surface area (Å²) in [5.41, 5.74) is 1.17. The molecule has 120 valence electrons. The quantitative estimate of drug-likeness (QED) is 0.656. The van der Waals surface area contributed by atoms with Crippen LogP contribution in [0.15, 0.2) is 24.3 Å². The van der Waals surface area contributed by atoms with E-state index in [1.54, 1.807) is 7.11 Å². The van der Waals surface area contributed by atoms with E-state index in [2.05, 4.69) is 45.1 Å². The second kappa shape index (κ2) is 9.80. The summed E-state index contributed by atoms with van der Waals surface area (Å²) in [5.74, 6) is 1.53. The van der Waals surface area contributed by atoms with Crippen LogP contribution in [-0.2, 0) is 4.74 Å². The number of methoxy groups -OCH3 is 1. The van der Waals surface area contributed by atoms with Gasteiger partial charge in [0.2, 0.25) is 0 Å². The van der Waals surface area contributed by atoms with Crippen LogP contribution in [-0.4, -0.2) is 26.3 Å². The summed E-state index contributed by atoms with van der Waals surface area (Å²) in [6, 6.07) is 8.18. The maximum atomic E-state index is 6.28. The lowest BCUT2D eigenvalue weighted by atomic mass is 10.1. The summed E-state index contributed by atoms with van der Waals surface area (Å²) < 4.78 is 11.6. The molecule has 3 nitrogen and oxygen atoms in total. The van der Waals surface area contributed by atoms with Gasteiger partial charge in [0.05, 0.1) is 19.3 Å².